The van der Waals surface area contributed by atoms with Gasteiger partial charge >= 0.3 is 0 Å². The smallest absolute Gasteiger partial charge is 0.206 e. The Morgan fingerprint density at radius 3 is 2.89 bits per heavy atom. The molecule has 3 aromatic rings. The Bertz CT molecular complexity index is 1010. The van der Waals surface area contributed by atoms with Crippen molar-refractivity contribution in [3.63, 3.8) is 0 Å². The fourth-order valence-corrected chi connectivity index (χ4v) is 3.38. The summed E-state index contributed by atoms with van der Waals surface area (Å²) in [5.41, 5.74) is 8.59. The Labute approximate surface area is 155 Å². The number of pyridine rings is 1. The van der Waals surface area contributed by atoms with Crippen molar-refractivity contribution in [3.8, 4) is 6.07 Å². The van der Waals surface area contributed by atoms with Gasteiger partial charge in [0.2, 0.25) is 5.95 Å². The van der Waals surface area contributed by atoms with Gasteiger partial charge in [0.05, 0.1) is 34.9 Å². The Hall–Kier alpha value is -3.02. The highest BCUT2D eigenvalue weighted by Gasteiger charge is 2.28. The highest BCUT2D eigenvalue weighted by Crippen LogP contribution is 2.26. The van der Waals surface area contributed by atoms with Crippen LogP contribution < -0.4 is 10.6 Å². The summed E-state index contributed by atoms with van der Waals surface area (Å²) in [6.45, 7) is 1.46. The molecule has 0 aliphatic carbocycles. The molecule has 3 N–H and O–H groups in total. The summed E-state index contributed by atoms with van der Waals surface area (Å²) in [5.74, 6) is 0.331. The van der Waals surface area contributed by atoms with Crippen LogP contribution in [0.5, 0.6) is 0 Å². The highest BCUT2D eigenvalue weighted by atomic mass is 19.1. The quantitative estimate of drug-likeness (QED) is 0.726. The number of halogens is 1. The standard InChI is InChI=1S/C19H19FN6O/c20-13-2-4-16-17(7-13)26(10-14-3-1-12(8-21)9-23-14)19(24-16)25-6-5-18(27)15(22)11-25/h1-4,7,9,15,18,27H,5-6,10-11,22H2/t15-,18-/m1/s1. The molecule has 7 nitrogen and oxygen atoms in total. The number of aliphatic hydroxyl groups excluding tert-OH is 1. The van der Waals surface area contributed by atoms with E-state index in [1.807, 2.05) is 15.5 Å². The predicted octanol–water partition coefficient (Wildman–Crippen LogP) is 1.39. The minimum Gasteiger partial charge on any atom is -0.391 e. The Kier molecular flexibility index (Phi) is 4.48. The first-order valence-corrected chi connectivity index (χ1v) is 8.74. The first-order valence-electron chi connectivity index (χ1n) is 8.74. The molecule has 1 aliphatic heterocycles. The summed E-state index contributed by atoms with van der Waals surface area (Å²) in [5, 5.41) is 18.8. The van der Waals surface area contributed by atoms with E-state index in [9.17, 15) is 9.50 Å². The van der Waals surface area contributed by atoms with Crippen LogP contribution in [0.4, 0.5) is 10.3 Å². The Morgan fingerprint density at radius 2 is 2.19 bits per heavy atom. The van der Waals surface area contributed by atoms with Crippen molar-refractivity contribution in [2.24, 2.45) is 5.73 Å². The van der Waals surface area contributed by atoms with Gasteiger partial charge in [-0.1, -0.05) is 0 Å². The number of aliphatic hydroxyl groups is 1. The number of hydrogen-bond donors (Lipinski definition) is 2. The molecule has 1 aromatic carbocycles. The molecule has 0 amide bonds. The van der Waals surface area contributed by atoms with Gasteiger partial charge in [0, 0.05) is 25.3 Å². The molecule has 1 aliphatic rings. The Morgan fingerprint density at radius 1 is 1.33 bits per heavy atom. The molecule has 0 bridgehead atoms. The summed E-state index contributed by atoms with van der Waals surface area (Å²) in [4.78, 5) is 11.0. The van der Waals surface area contributed by atoms with Gasteiger partial charge in [-0.15, -0.1) is 0 Å². The largest absolute Gasteiger partial charge is 0.391 e. The zero-order valence-corrected chi connectivity index (χ0v) is 14.6. The second kappa shape index (κ2) is 6.95. The number of hydrogen-bond acceptors (Lipinski definition) is 6. The number of nitriles is 1. The lowest BCUT2D eigenvalue weighted by molar-refractivity contribution is 0.124. The summed E-state index contributed by atoms with van der Waals surface area (Å²) in [7, 11) is 0. The van der Waals surface area contributed by atoms with E-state index in [4.69, 9.17) is 11.0 Å². The average Bonchev–Trinajstić information content (AvgIpc) is 3.02. The molecule has 27 heavy (non-hydrogen) atoms. The average molecular weight is 366 g/mol. The molecule has 4 rings (SSSR count). The van der Waals surface area contributed by atoms with E-state index in [0.29, 0.717) is 48.6 Å². The van der Waals surface area contributed by atoms with Crippen molar-refractivity contribution in [3.05, 3.63) is 53.6 Å². The maximum atomic E-state index is 13.9. The molecule has 1 fully saturated rings. The van der Waals surface area contributed by atoms with Gasteiger partial charge in [0.25, 0.3) is 0 Å². The predicted molar refractivity (Wildman–Crippen MR) is 98.6 cm³/mol. The number of rotatable bonds is 3. The van der Waals surface area contributed by atoms with Crippen LogP contribution in [0.3, 0.4) is 0 Å². The van der Waals surface area contributed by atoms with E-state index in [1.54, 1.807) is 18.2 Å². The van der Waals surface area contributed by atoms with Gasteiger partial charge < -0.3 is 20.3 Å². The second-order valence-electron chi connectivity index (χ2n) is 6.75. The van der Waals surface area contributed by atoms with Gasteiger partial charge in [-0.2, -0.15) is 5.26 Å². The third-order valence-electron chi connectivity index (χ3n) is 4.87. The van der Waals surface area contributed by atoms with Crippen molar-refractivity contribution >= 4 is 17.0 Å². The van der Waals surface area contributed by atoms with Crippen LogP contribution >= 0.6 is 0 Å². The number of nitrogens with two attached hydrogens (primary N) is 1. The van der Waals surface area contributed by atoms with Crippen LogP contribution in [-0.4, -0.2) is 44.9 Å². The van der Waals surface area contributed by atoms with E-state index in [2.05, 4.69) is 9.97 Å². The van der Waals surface area contributed by atoms with Crippen LogP contribution in [0.25, 0.3) is 11.0 Å². The molecule has 0 radical (unpaired) electrons. The normalized spacial score (nSPS) is 20.0. The van der Waals surface area contributed by atoms with Crippen LogP contribution in [0, 0.1) is 17.1 Å². The zero-order valence-electron chi connectivity index (χ0n) is 14.6. The number of benzene rings is 1. The van der Waals surface area contributed by atoms with E-state index < -0.39 is 6.10 Å². The molecular weight excluding hydrogens is 347 g/mol. The lowest BCUT2D eigenvalue weighted by Crippen LogP contribution is -2.52. The van der Waals surface area contributed by atoms with Crippen LogP contribution in [-0.2, 0) is 6.54 Å². The number of aromatic nitrogens is 3. The Balaban J connectivity index is 1.76. The lowest BCUT2D eigenvalue weighted by atomic mass is 10.0. The minimum absolute atomic E-state index is 0.339. The van der Waals surface area contributed by atoms with Crippen LogP contribution in [0.15, 0.2) is 36.5 Å². The number of imidazole rings is 1. The van der Waals surface area contributed by atoms with Crippen molar-refractivity contribution in [1.29, 1.82) is 5.26 Å². The third kappa shape index (κ3) is 3.35. The molecule has 2 atom stereocenters. The topological polar surface area (TPSA) is 104 Å². The molecular formula is C19H19FN6O. The van der Waals surface area contributed by atoms with Gasteiger partial charge in [-0.3, -0.25) is 4.98 Å². The van der Waals surface area contributed by atoms with E-state index in [1.165, 1.54) is 18.3 Å². The van der Waals surface area contributed by atoms with E-state index in [0.717, 1.165) is 5.69 Å². The first-order chi connectivity index (χ1) is 13.0. The van der Waals surface area contributed by atoms with Gasteiger partial charge in [-0.05, 0) is 36.8 Å². The number of anilines is 1. The molecule has 3 heterocycles. The number of nitrogens with zero attached hydrogens (tertiary/aromatic N) is 5. The lowest BCUT2D eigenvalue weighted by Gasteiger charge is -2.35. The van der Waals surface area contributed by atoms with Crippen LogP contribution in [0.2, 0.25) is 0 Å². The van der Waals surface area contributed by atoms with Crippen molar-refractivity contribution in [1.82, 2.24) is 14.5 Å². The zero-order chi connectivity index (χ0) is 19.0. The van der Waals surface area contributed by atoms with Gasteiger partial charge in [0.15, 0.2) is 0 Å². The molecule has 0 unspecified atom stereocenters. The molecule has 8 heteroatoms. The molecule has 138 valence electrons. The summed E-state index contributed by atoms with van der Waals surface area (Å²) < 4.78 is 15.8. The second-order valence-corrected chi connectivity index (χ2v) is 6.75. The molecule has 2 aromatic heterocycles. The van der Waals surface area contributed by atoms with Crippen LogP contribution in [0.1, 0.15) is 17.7 Å². The summed E-state index contributed by atoms with van der Waals surface area (Å²) in [6, 6.07) is 9.65. The van der Waals surface area contributed by atoms with Crippen molar-refractivity contribution < 1.29 is 9.50 Å². The summed E-state index contributed by atoms with van der Waals surface area (Å²) >= 11 is 0. The minimum atomic E-state index is -0.531. The molecule has 0 spiro atoms. The van der Waals surface area contributed by atoms with Crippen molar-refractivity contribution in [2.75, 3.05) is 18.0 Å². The molecule has 0 saturated carbocycles. The number of fused-ring (bicyclic) bond motifs is 1. The van der Waals surface area contributed by atoms with Gasteiger partial charge in [-0.25, -0.2) is 9.37 Å². The molecule has 1 saturated heterocycles. The maximum absolute atomic E-state index is 13.9. The monoisotopic (exact) mass is 366 g/mol. The highest BCUT2D eigenvalue weighted by molar-refractivity contribution is 5.79. The van der Waals surface area contributed by atoms with E-state index >= 15 is 0 Å². The SMILES string of the molecule is N#Cc1ccc(Cn2c(N3CC[C@@H](O)[C@H](N)C3)nc3ccc(F)cc32)nc1. The number of piperidine rings is 1. The first kappa shape index (κ1) is 17.4. The van der Waals surface area contributed by atoms with Gasteiger partial charge in [0.1, 0.15) is 11.9 Å². The van der Waals surface area contributed by atoms with Crippen molar-refractivity contribution in [2.45, 2.75) is 25.1 Å². The fraction of sp³-hybridized carbons (Fsp3) is 0.316. The fourth-order valence-electron chi connectivity index (χ4n) is 3.38. The van der Waals surface area contributed by atoms with E-state index in [-0.39, 0.29) is 11.9 Å². The summed E-state index contributed by atoms with van der Waals surface area (Å²) in [6.07, 6.45) is 1.53. The maximum Gasteiger partial charge on any atom is 0.206 e. The third-order valence-corrected chi connectivity index (χ3v) is 4.87.